The molecule has 0 radical (unpaired) electrons. The number of aliphatic imine (C=N–C) groups is 1. The number of aromatic nitrogens is 3. The number of aromatic amines is 1. The minimum absolute atomic E-state index is 0.0874. The second-order valence-corrected chi connectivity index (χ2v) is 7.30. The number of carbonyl (C=O) groups is 1. The maximum Gasteiger partial charge on any atom is 0.378 e. The van der Waals surface area contributed by atoms with Crippen LogP contribution in [0, 0.1) is 5.92 Å². The van der Waals surface area contributed by atoms with Crippen LogP contribution >= 0.6 is 0 Å². The van der Waals surface area contributed by atoms with E-state index in [2.05, 4.69) is 15.4 Å². The van der Waals surface area contributed by atoms with Gasteiger partial charge in [-0.25, -0.2) is 14.9 Å². The first-order chi connectivity index (χ1) is 12.3. The molecule has 9 nitrogen and oxygen atoms in total. The van der Waals surface area contributed by atoms with E-state index >= 15 is 0 Å². The van der Waals surface area contributed by atoms with Gasteiger partial charge in [0.1, 0.15) is 0 Å². The molecular formula is C17H25N6O3+. The van der Waals surface area contributed by atoms with Crippen molar-refractivity contribution >= 4 is 23.7 Å². The van der Waals surface area contributed by atoms with Crippen LogP contribution in [-0.4, -0.2) is 52.0 Å². The van der Waals surface area contributed by atoms with E-state index < -0.39 is 11.5 Å². The Labute approximate surface area is 150 Å². The number of rotatable bonds is 6. The van der Waals surface area contributed by atoms with E-state index in [9.17, 15) is 14.7 Å². The second kappa shape index (κ2) is 6.81. The minimum Gasteiger partial charge on any atom is -0.477 e. The van der Waals surface area contributed by atoms with Crippen LogP contribution in [0.5, 0.6) is 5.88 Å². The second-order valence-electron chi connectivity index (χ2n) is 7.30. The molecule has 3 rings (SSSR count). The minimum atomic E-state index is -0.595. The third-order valence-corrected chi connectivity index (χ3v) is 4.01. The number of carbonyl (C=O) groups excluding carboxylic acids is 1. The lowest BCUT2D eigenvalue weighted by Gasteiger charge is -2.09. The fourth-order valence-corrected chi connectivity index (χ4v) is 2.67. The molecule has 0 unspecified atom stereocenters. The highest BCUT2D eigenvalue weighted by molar-refractivity contribution is 5.96. The van der Waals surface area contributed by atoms with Crippen LogP contribution < -0.4 is 15.4 Å². The molecule has 0 aliphatic heterocycles. The fraction of sp³-hybridized carbons (Fsp3) is 0.529. The molecule has 0 atom stereocenters. The van der Waals surface area contributed by atoms with Crippen LogP contribution in [0.3, 0.4) is 0 Å². The van der Waals surface area contributed by atoms with Crippen molar-refractivity contribution in [2.75, 3.05) is 14.1 Å². The summed E-state index contributed by atoms with van der Waals surface area (Å²) in [5.41, 5.74) is -0.392. The molecule has 9 heteroatoms. The van der Waals surface area contributed by atoms with Crippen LogP contribution in [0.2, 0.25) is 0 Å². The summed E-state index contributed by atoms with van der Waals surface area (Å²) in [6.07, 6.45) is 3.39. The van der Waals surface area contributed by atoms with Gasteiger partial charge in [-0.1, -0.05) is 18.4 Å². The van der Waals surface area contributed by atoms with Gasteiger partial charge in [0.15, 0.2) is 5.82 Å². The van der Waals surface area contributed by atoms with E-state index in [1.54, 1.807) is 21.9 Å². The molecule has 1 aliphatic rings. The summed E-state index contributed by atoms with van der Waals surface area (Å²) in [6.45, 7) is 4.44. The van der Waals surface area contributed by atoms with E-state index in [0.29, 0.717) is 18.0 Å². The molecular weight excluding hydrogens is 336 g/mol. The Morgan fingerprint density at radius 2 is 2.23 bits per heavy atom. The van der Waals surface area contributed by atoms with Gasteiger partial charge in [-0.2, -0.15) is 4.57 Å². The first-order valence-corrected chi connectivity index (χ1v) is 8.70. The lowest BCUT2D eigenvalue weighted by Crippen LogP contribution is -2.45. The zero-order valence-corrected chi connectivity index (χ0v) is 15.5. The molecule has 1 aliphatic carbocycles. The molecule has 0 saturated heterocycles. The molecule has 0 aromatic carbocycles. The molecule has 1 saturated carbocycles. The largest absolute Gasteiger partial charge is 0.477 e. The number of hydrogen-bond donors (Lipinski definition) is 3. The van der Waals surface area contributed by atoms with E-state index in [0.717, 1.165) is 12.8 Å². The van der Waals surface area contributed by atoms with Crippen molar-refractivity contribution in [3.63, 3.8) is 0 Å². The number of amides is 1. The topological polar surface area (TPSA) is 106 Å². The molecule has 26 heavy (non-hydrogen) atoms. The van der Waals surface area contributed by atoms with Gasteiger partial charge in [0.25, 0.3) is 5.91 Å². The Morgan fingerprint density at radius 1 is 1.54 bits per heavy atom. The van der Waals surface area contributed by atoms with Crippen molar-refractivity contribution in [3.8, 4) is 5.88 Å². The Balaban J connectivity index is 2.17. The van der Waals surface area contributed by atoms with Crippen LogP contribution in [0.4, 0.5) is 5.82 Å². The SMILES string of the molecule is CC(C)C[n+]1c(O)c(C(=O)NC2CC2)c(=O)n2[nH]c(/N=C/N(C)C)cc21. The maximum atomic E-state index is 12.8. The Kier molecular flexibility index (Phi) is 4.71. The summed E-state index contributed by atoms with van der Waals surface area (Å²) < 4.78 is 2.82. The third-order valence-electron chi connectivity index (χ3n) is 4.01. The van der Waals surface area contributed by atoms with Gasteiger partial charge < -0.3 is 15.3 Å². The van der Waals surface area contributed by atoms with Gasteiger partial charge >= 0.3 is 17.1 Å². The Hall–Kier alpha value is -2.84. The monoisotopic (exact) mass is 361 g/mol. The lowest BCUT2D eigenvalue weighted by molar-refractivity contribution is -0.686. The first-order valence-electron chi connectivity index (χ1n) is 8.70. The number of aromatic hydroxyl groups is 1. The molecule has 2 heterocycles. The number of nitrogens with zero attached hydrogens (tertiary/aromatic N) is 4. The highest BCUT2D eigenvalue weighted by Crippen LogP contribution is 2.20. The summed E-state index contributed by atoms with van der Waals surface area (Å²) >= 11 is 0. The number of fused-ring (bicyclic) bond motifs is 1. The summed E-state index contributed by atoms with van der Waals surface area (Å²) in [4.78, 5) is 31.3. The van der Waals surface area contributed by atoms with Gasteiger partial charge in [-0.3, -0.25) is 4.79 Å². The van der Waals surface area contributed by atoms with E-state index in [-0.39, 0.29) is 23.4 Å². The average molecular weight is 361 g/mol. The predicted molar refractivity (Wildman–Crippen MR) is 97.0 cm³/mol. The smallest absolute Gasteiger partial charge is 0.378 e. The van der Waals surface area contributed by atoms with E-state index in [1.807, 2.05) is 27.9 Å². The van der Waals surface area contributed by atoms with Crippen molar-refractivity contribution in [2.45, 2.75) is 39.3 Å². The highest BCUT2D eigenvalue weighted by Gasteiger charge is 2.33. The van der Waals surface area contributed by atoms with E-state index in [1.165, 1.54) is 4.52 Å². The zero-order valence-electron chi connectivity index (χ0n) is 15.5. The van der Waals surface area contributed by atoms with Crippen molar-refractivity contribution in [3.05, 3.63) is 22.0 Å². The molecule has 140 valence electrons. The van der Waals surface area contributed by atoms with E-state index in [4.69, 9.17) is 0 Å². The number of H-pyrrole nitrogens is 1. The summed E-state index contributed by atoms with van der Waals surface area (Å²) in [5.74, 6) is -0.207. The van der Waals surface area contributed by atoms with Crippen LogP contribution in [-0.2, 0) is 6.54 Å². The molecule has 3 N–H and O–H groups in total. The van der Waals surface area contributed by atoms with Gasteiger partial charge in [0.2, 0.25) is 5.56 Å². The zero-order chi connectivity index (χ0) is 19.0. The highest BCUT2D eigenvalue weighted by atomic mass is 16.3. The van der Waals surface area contributed by atoms with Gasteiger partial charge in [-0.15, -0.1) is 0 Å². The van der Waals surface area contributed by atoms with Crippen molar-refractivity contribution in [1.82, 2.24) is 19.8 Å². The van der Waals surface area contributed by atoms with Crippen molar-refractivity contribution in [1.29, 1.82) is 0 Å². The van der Waals surface area contributed by atoms with Crippen molar-refractivity contribution < 1.29 is 14.5 Å². The molecule has 2 aromatic heterocycles. The van der Waals surface area contributed by atoms with Gasteiger partial charge in [0.05, 0.1) is 18.9 Å². The maximum absolute atomic E-state index is 12.8. The summed E-state index contributed by atoms with van der Waals surface area (Å²) in [6, 6.07) is 1.76. The number of nitrogens with one attached hydrogen (secondary N) is 2. The average Bonchev–Trinajstić information content (AvgIpc) is 3.25. The Morgan fingerprint density at radius 3 is 2.81 bits per heavy atom. The predicted octanol–water partition coefficient (Wildman–Crippen LogP) is 0.390. The quantitative estimate of drug-likeness (QED) is 0.393. The molecule has 0 spiro atoms. The Bertz CT molecular complexity index is 921. The standard InChI is InChI=1S/C17H24N6O3/c1-10(2)8-22-13-7-12(18-9-21(3)4)20-23(13)17(26)14(16(22)25)15(24)19-11-5-6-11/h7,9-11H,5-6,8H2,1-4H3,(H2,19,24,25,26)/p+1/b18-9+. The van der Waals surface area contributed by atoms with Gasteiger partial charge in [-0.05, 0) is 18.8 Å². The van der Waals surface area contributed by atoms with Crippen molar-refractivity contribution in [2.24, 2.45) is 10.9 Å². The van der Waals surface area contributed by atoms with Gasteiger partial charge in [0, 0.05) is 20.1 Å². The number of hydrogen-bond acceptors (Lipinski definition) is 4. The normalized spacial score (nSPS) is 14.5. The molecule has 2 aromatic rings. The van der Waals surface area contributed by atoms with Crippen LogP contribution in [0.1, 0.15) is 37.0 Å². The van der Waals surface area contributed by atoms with Crippen LogP contribution in [0.15, 0.2) is 15.9 Å². The fourth-order valence-electron chi connectivity index (χ4n) is 2.67. The first kappa shape index (κ1) is 18.0. The molecule has 1 amide bonds. The summed E-state index contributed by atoms with van der Waals surface area (Å²) in [5, 5.41) is 16.3. The molecule has 1 fully saturated rings. The summed E-state index contributed by atoms with van der Waals surface area (Å²) in [7, 11) is 3.67. The van der Waals surface area contributed by atoms with Crippen LogP contribution in [0.25, 0.3) is 5.65 Å². The lowest BCUT2D eigenvalue weighted by atomic mass is 10.2. The molecule has 0 bridgehead atoms. The third kappa shape index (κ3) is 3.56.